The molecule has 0 bridgehead atoms. The lowest BCUT2D eigenvalue weighted by Gasteiger charge is -2.17. The first-order valence-corrected chi connectivity index (χ1v) is 4.64. The van der Waals surface area contributed by atoms with Gasteiger partial charge in [-0.25, -0.2) is 0 Å². The highest BCUT2D eigenvalue weighted by atomic mass is 35.5. The molecule has 0 radical (unpaired) electrons. The van der Waals surface area contributed by atoms with Crippen molar-refractivity contribution in [1.82, 2.24) is 0 Å². The third-order valence-corrected chi connectivity index (χ3v) is 2.38. The second kappa shape index (κ2) is 4.41. The van der Waals surface area contributed by atoms with Crippen molar-refractivity contribution < 1.29 is 0 Å². The topological polar surface area (TPSA) is 29.3 Å². The molecule has 0 amide bonds. The molecule has 0 fully saturated rings. The average Bonchev–Trinajstić information content (AvgIpc) is 2.17. The fraction of sp³-hybridized carbons (Fsp3) is 0.167. The van der Waals surface area contributed by atoms with Crippen LogP contribution >= 0.6 is 12.4 Å². The standard InChI is InChI=1S/C12H14N2.ClH/c1-14(2)12-10-6-4-3-5-9(10)7-8-11(12)13;/h3-8H,13H2,1-2H3;1H. The molecule has 0 aliphatic heterocycles. The lowest BCUT2D eigenvalue weighted by molar-refractivity contribution is 1.14. The fourth-order valence-electron chi connectivity index (χ4n) is 1.77. The lowest BCUT2D eigenvalue weighted by atomic mass is 10.1. The zero-order valence-electron chi connectivity index (χ0n) is 8.90. The molecule has 0 saturated heterocycles. The molecule has 2 aromatic rings. The van der Waals surface area contributed by atoms with Crippen molar-refractivity contribution in [2.75, 3.05) is 24.7 Å². The first-order chi connectivity index (χ1) is 6.70. The Kier molecular flexibility index (Phi) is 3.43. The number of rotatable bonds is 1. The monoisotopic (exact) mass is 222 g/mol. The van der Waals surface area contributed by atoms with Crippen molar-refractivity contribution >= 4 is 34.6 Å². The van der Waals surface area contributed by atoms with E-state index < -0.39 is 0 Å². The Balaban J connectivity index is 0.00000112. The van der Waals surface area contributed by atoms with Crippen LogP contribution in [0.2, 0.25) is 0 Å². The predicted molar refractivity (Wildman–Crippen MR) is 69.9 cm³/mol. The van der Waals surface area contributed by atoms with E-state index in [2.05, 4.69) is 23.1 Å². The van der Waals surface area contributed by atoms with E-state index in [-0.39, 0.29) is 12.4 Å². The van der Waals surface area contributed by atoms with Crippen molar-refractivity contribution in [3.8, 4) is 0 Å². The molecule has 0 aromatic heterocycles. The molecule has 2 nitrogen and oxygen atoms in total. The molecule has 2 rings (SSSR count). The fourth-order valence-corrected chi connectivity index (χ4v) is 1.77. The minimum Gasteiger partial charge on any atom is -0.397 e. The van der Waals surface area contributed by atoms with Gasteiger partial charge in [-0.05, 0) is 11.5 Å². The number of halogens is 1. The summed E-state index contributed by atoms with van der Waals surface area (Å²) in [6.07, 6.45) is 0. The van der Waals surface area contributed by atoms with E-state index >= 15 is 0 Å². The van der Waals surface area contributed by atoms with Gasteiger partial charge in [-0.1, -0.05) is 30.3 Å². The number of hydrogen-bond donors (Lipinski definition) is 1. The molecule has 2 N–H and O–H groups in total. The summed E-state index contributed by atoms with van der Waals surface area (Å²) >= 11 is 0. The highest BCUT2D eigenvalue weighted by Gasteiger charge is 2.05. The van der Waals surface area contributed by atoms with Crippen LogP contribution in [0.4, 0.5) is 11.4 Å². The van der Waals surface area contributed by atoms with Gasteiger partial charge in [0.1, 0.15) is 0 Å². The summed E-state index contributed by atoms with van der Waals surface area (Å²) in [5.41, 5.74) is 7.87. The van der Waals surface area contributed by atoms with Crippen molar-refractivity contribution in [2.45, 2.75) is 0 Å². The molecule has 3 heteroatoms. The zero-order valence-corrected chi connectivity index (χ0v) is 9.71. The molecular formula is C12H15ClN2. The summed E-state index contributed by atoms with van der Waals surface area (Å²) in [6, 6.07) is 12.3. The minimum atomic E-state index is 0. The van der Waals surface area contributed by atoms with Crippen LogP contribution in [0.25, 0.3) is 10.8 Å². The number of anilines is 2. The SMILES string of the molecule is CN(C)c1c(N)ccc2ccccc12.Cl. The first-order valence-electron chi connectivity index (χ1n) is 4.64. The molecule has 0 heterocycles. The van der Waals surface area contributed by atoms with E-state index in [1.807, 2.05) is 32.3 Å². The van der Waals surface area contributed by atoms with E-state index in [4.69, 9.17) is 5.73 Å². The van der Waals surface area contributed by atoms with Crippen LogP contribution in [0, 0.1) is 0 Å². The second-order valence-corrected chi connectivity index (χ2v) is 3.62. The number of hydrogen-bond acceptors (Lipinski definition) is 2. The van der Waals surface area contributed by atoms with E-state index in [0.29, 0.717) is 0 Å². The lowest BCUT2D eigenvalue weighted by Crippen LogP contribution is -2.11. The van der Waals surface area contributed by atoms with Crippen LogP contribution in [0.15, 0.2) is 36.4 Å². The Bertz CT molecular complexity index is 466. The highest BCUT2D eigenvalue weighted by molar-refractivity contribution is 5.99. The van der Waals surface area contributed by atoms with Crippen LogP contribution < -0.4 is 10.6 Å². The molecule has 80 valence electrons. The van der Waals surface area contributed by atoms with Crippen LogP contribution in [0.3, 0.4) is 0 Å². The van der Waals surface area contributed by atoms with Gasteiger partial charge in [-0.15, -0.1) is 12.4 Å². The Morgan fingerprint density at radius 1 is 1.00 bits per heavy atom. The van der Waals surface area contributed by atoms with Gasteiger partial charge >= 0.3 is 0 Å². The Morgan fingerprint density at radius 3 is 2.33 bits per heavy atom. The molecule has 0 aliphatic rings. The third kappa shape index (κ3) is 2.00. The minimum absolute atomic E-state index is 0. The van der Waals surface area contributed by atoms with Gasteiger partial charge in [-0.2, -0.15) is 0 Å². The van der Waals surface area contributed by atoms with Gasteiger partial charge in [-0.3, -0.25) is 0 Å². The Morgan fingerprint density at radius 2 is 1.67 bits per heavy atom. The van der Waals surface area contributed by atoms with Crippen molar-refractivity contribution in [3.63, 3.8) is 0 Å². The van der Waals surface area contributed by atoms with E-state index in [1.54, 1.807) is 0 Å². The van der Waals surface area contributed by atoms with Gasteiger partial charge < -0.3 is 10.6 Å². The smallest absolute Gasteiger partial charge is 0.0674 e. The largest absolute Gasteiger partial charge is 0.397 e. The number of benzene rings is 2. The Labute approximate surface area is 96.1 Å². The van der Waals surface area contributed by atoms with Crippen molar-refractivity contribution in [2.24, 2.45) is 0 Å². The van der Waals surface area contributed by atoms with Gasteiger partial charge in [0.15, 0.2) is 0 Å². The van der Waals surface area contributed by atoms with E-state index in [9.17, 15) is 0 Å². The van der Waals surface area contributed by atoms with Gasteiger partial charge in [0.2, 0.25) is 0 Å². The van der Waals surface area contributed by atoms with Crippen LogP contribution in [-0.4, -0.2) is 14.1 Å². The summed E-state index contributed by atoms with van der Waals surface area (Å²) in [7, 11) is 4.02. The molecule has 2 aromatic carbocycles. The quantitative estimate of drug-likeness (QED) is 0.752. The van der Waals surface area contributed by atoms with E-state index in [1.165, 1.54) is 10.8 Å². The second-order valence-electron chi connectivity index (χ2n) is 3.62. The molecule has 0 aliphatic carbocycles. The van der Waals surface area contributed by atoms with Gasteiger partial charge in [0.25, 0.3) is 0 Å². The molecule has 15 heavy (non-hydrogen) atoms. The number of nitrogens with zero attached hydrogens (tertiary/aromatic N) is 1. The Hall–Kier alpha value is -1.41. The molecule has 0 spiro atoms. The molecular weight excluding hydrogens is 208 g/mol. The van der Waals surface area contributed by atoms with Crippen molar-refractivity contribution in [1.29, 1.82) is 0 Å². The molecule has 0 unspecified atom stereocenters. The van der Waals surface area contributed by atoms with E-state index in [0.717, 1.165) is 11.4 Å². The van der Waals surface area contributed by atoms with Crippen molar-refractivity contribution in [3.05, 3.63) is 36.4 Å². The predicted octanol–water partition coefficient (Wildman–Crippen LogP) is 2.91. The van der Waals surface area contributed by atoms with Gasteiger partial charge in [0.05, 0.1) is 11.4 Å². The highest BCUT2D eigenvalue weighted by Crippen LogP contribution is 2.30. The number of nitrogen functional groups attached to an aromatic ring is 1. The zero-order chi connectivity index (χ0) is 10.1. The summed E-state index contributed by atoms with van der Waals surface area (Å²) in [6.45, 7) is 0. The summed E-state index contributed by atoms with van der Waals surface area (Å²) < 4.78 is 0. The maximum atomic E-state index is 5.95. The maximum absolute atomic E-state index is 5.95. The van der Waals surface area contributed by atoms with Crippen LogP contribution in [0.1, 0.15) is 0 Å². The van der Waals surface area contributed by atoms with Crippen LogP contribution in [0.5, 0.6) is 0 Å². The number of nitrogens with two attached hydrogens (primary N) is 1. The summed E-state index contributed by atoms with van der Waals surface area (Å²) in [4.78, 5) is 2.05. The normalized spacial score (nSPS) is 9.73. The summed E-state index contributed by atoms with van der Waals surface area (Å²) in [5, 5.41) is 2.43. The van der Waals surface area contributed by atoms with Crippen LogP contribution in [-0.2, 0) is 0 Å². The number of fused-ring (bicyclic) bond motifs is 1. The van der Waals surface area contributed by atoms with Gasteiger partial charge in [0, 0.05) is 19.5 Å². The summed E-state index contributed by atoms with van der Waals surface area (Å²) in [5.74, 6) is 0. The molecule has 0 atom stereocenters. The first kappa shape index (κ1) is 11.7. The molecule has 0 saturated carbocycles. The maximum Gasteiger partial charge on any atom is 0.0674 e. The average molecular weight is 223 g/mol. The third-order valence-electron chi connectivity index (χ3n) is 2.38.